The summed E-state index contributed by atoms with van der Waals surface area (Å²) in [6.45, 7) is 0.666. The molecular formula is C21H22FN3O3. The Morgan fingerprint density at radius 3 is 2.61 bits per heavy atom. The molecule has 2 aromatic rings. The highest BCUT2D eigenvalue weighted by Gasteiger charge is 2.09. The van der Waals surface area contributed by atoms with Crippen LogP contribution in [0.5, 0.6) is 11.5 Å². The topological polar surface area (TPSA) is 83.4 Å². The van der Waals surface area contributed by atoms with E-state index in [0.29, 0.717) is 36.6 Å². The molecule has 1 amide bonds. The van der Waals surface area contributed by atoms with E-state index in [2.05, 4.69) is 10.6 Å². The number of nitrogens with zero attached hydrogens (tertiary/aromatic N) is 1. The third-order valence-electron chi connectivity index (χ3n) is 3.95. The van der Waals surface area contributed by atoms with Crippen LogP contribution in [0.3, 0.4) is 0 Å². The summed E-state index contributed by atoms with van der Waals surface area (Å²) >= 11 is 0. The molecule has 0 unspecified atom stereocenters. The van der Waals surface area contributed by atoms with Gasteiger partial charge in [-0.2, -0.15) is 5.26 Å². The van der Waals surface area contributed by atoms with Crippen LogP contribution < -0.4 is 20.1 Å². The van der Waals surface area contributed by atoms with Crippen molar-refractivity contribution < 1.29 is 18.7 Å². The number of benzene rings is 2. The summed E-state index contributed by atoms with van der Waals surface area (Å²) < 4.78 is 23.6. The zero-order valence-corrected chi connectivity index (χ0v) is 15.8. The second-order valence-electron chi connectivity index (χ2n) is 5.88. The van der Waals surface area contributed by atoms with Crippen molar-refractivity contribution in [2.24, 2.45) is 0 Å². The first-order valence-electron chi connectivity index (χ1n) is 8.64. The van der Waals surface area contributed by atoms with E-state index < -0.39 is 5.91 Å². The van der Waals surface area contributed by atoms with Gasteiger partial charge in [0.2, 0.25) is 0 Å². The highest BCUT2D eigenvalue weighted by atomic mass is 19.1. The van der Waals surface area contributed by atoms with Crippen LogP contribution in [-0.4, -0.2) is 26.7 Å². The van der Waals surface area contributed by atoms with Crippen LogP contribution in [0.1, 0.15) is 11.1 Å². The third kappa shape index (κ3) is 6.02. The van der Waals surface area contributed by atoms with Gasteiger partial charge in [0.25, 0.3) is 5.91 Å². The minimum absolute atomic E-state index is 0.0521. The van der Waals surface area contributed by atoms with Crippen LogP contribution in [-0.2, 0) is 17.8 Å². The van der Waals surface area contributed by atoms with Gasteiger partial charge in [-0.15, -0.1) is 0 Å². The minimum Gasteiger partial charge on any atom is -0.493 e. The number of nitriles is 1. The molecule has 0 aliphatic heterocycles. The highest BCUT2D eigenvalue weighted by molar-refractivity contribution is 5.97. The molecule has 0 atom stereocenters. The molecule has 28 heavy (non-hydrogen) atoms. The van der Waals surface area contributed by atoms with Gasteiger partial charge in [0.1, 0.15) is 17.5 Å². The predicted molar refractivity (Wildman–Crippen MR) is 103 cm³/mol. The lowest BCUT2D eigenvalue weighted by atomic mass is 10.1. The first-order chi connectivity index (χ1) is 13.6. The maximum atomic E-state index is 13.1. The third-order valence-corrected chi connectivity index (χ3v) is 3.95. The number of amides is 1. The average molecular weight is 383 g/mol. The van der Waals surface area contributed by atoms with Crippen molar-refractivity contribution in [3.05, 3.63) is 71.2 Å². The van der Waals surface area contributed by atoms with E-state index in [9.17, 15) is 14.4 Å². The van der Waals surface area contributed by atoms with Gasteiger partial charge in [-0.1, -0.05) is 18.2 Å². The molecule has 7 heteroatoms. The van der Waals surface area contributed by atoms with E-state index in [4.69, 9.17) is 9.47 Å². The van der Waals surface area contributed by atoms with Gasteiger partial charge >= 0.3 is 0 Å². The van der Waals surface area contributed by atoms with E-state index in [1.165, 1.54) is 18.3 Å². The number of rotatable bonds is 9. The molecule has 0 aliphatic rings. The van der Waals surface area contributed by atoms with Crippen LogP contribution >= 0.6 is 0 Å². The summed E-state index contributed by atoms with van der Waals surface area (Å²) in [6.07, 6.45) is 1.90. The Bertz CT molecular complexity index is 891. The molecule has 2 rings (SSSR count). The van der Waals surface area contributed by atoms with Gasteiger partial charge in [0.15, 0.2) is 11.5 Å². The van der Waals surface area contributed by atoms with Gasteiger partial charge in [-0.25, -0.2) is 4.39 Å². The number of carbonyl (C=O) groups excluding carboxylic acids is 1. The van der Waals surface area contributed by atoms with Crippen molar-refractivity contribution in [1.82, 2.24) is 10.6 Å². The zero-order chi connectivity index (χ0) is 20.4. The second-order valence-corrected chi connectivity index (χ2v) is 5.88. The maximum absolute atomic E-state index is 13.1. The Hall–Kier alpha value is -3.53. The quantitative estimate of drug-likeness (QED) is 0.514. The molecule has 0 bridgehead atoms. The summed E-state index contributed by atoms with van der Waals surface area (Å²) in [4.78, 5) is 12.1. The molecule has 0 spiro atoms. The van der Waals surface area contributed by atoms with Crippen LogP contribution in [0, 0.1) is 17.1 Å². The summed E-state index contributed by atoms with van der Waals surface area (Å²) in [5, 5.41) is 14.7. The number of hydrogen-bond donors (Lipinski definition) is 2. The van der Waals surface area contributed by atoms with E-state index in [-0.39, 0.29) is 11.4 Å². The number of methoxy groups -OCH3 is 2. The molecule has 0 saturated heterocycles. The molecule has 6 nitrogen and oxygen atoms in total. The SMILES string of the molecule is COc1ccc(CCNC(=O)/C(C#N)=C\NCc2cccc(F)c2)cc1OC. The summed E-state index contributed by atoms with van der Waals surface area (Å²) in [7, 11) is 3.13. The number of ether oxygens (including phenoxy) is 2. The van der Waals surface area contributed by atoms with Gasteiger partial charge in [0, 0.05) is 19.3 Å². The normalized spacial score (nSPS) is 10.7. The van der Waals surface area contributed by atoms with Crippen LogP contribution in [0.4, 0.5) is 4.39 Å². The number of nitrogens with one attached hydrogen (secondary N) is 2. The molecule has 146 valence electrons. The van der Waals surface area contributed by atoms with Crippen molar-refractivity contribution in [1.29, 1.82) is 5.26 Å². The summed E-state index contributed by atoms with van der Waals surface area (Å²) in [6, 6.07) is 13.5. The van der Waals surface area contributed by atoms with Gasteiger partial charge in [-0.05, 0) is 41.8 Å². The lowest BCUT2D eigenvalue weighted by molar-refractivity contribution is -0.117. The van der Waals surface area contributed by atoms with Crippen molar-refractivity contribution in [2.75, 3.05) is 20.8 Å². The number of hydrogen-bond acceptors (Lipinski definition) is 5. The molecular weight excluding hydrogens is 361 g/mol. The molecule has 0 radical (unpaired) electrons. The van der Waals surface area contributed by atoms with Crippen molar-refractivity contribution in [3.63, 3.8) is 0 Å². The van der Waals surface area contributed by atoms with Crippen LogP contribution in [0.15, 0.2) is 54.2 Å². The fourth-order valence-corrected chi connectivity index (χ4v) is 2.52. The molecule has 0 aromatic heterocycles. The second kappa shape index (κ2) is 10.6. The van der Waals surface area contributed by atoms with Gasteiger partial charge < -0.3 is 20.1 Å². The van der Waals surface area contributed by atoms with Crippen LogP contribution in [0.25, 0.3) is 0 Å². The van der Waals surface area contributed by atoms with E-state index in [0.717, 1.165) is 5.56 Å². The largest absolute Gasteiger partial charge is 0.493 e. The lowest BCUT2D eigenvalue weighted by Gasteiger charge is -2.10. The van der Waals surface area contributed by atoms with E-state index in [1.54, 1.807) is 32.4 Å². The number of halogens is 1. The number of carbonyl (C=O) groups is 1. The molecule has 0 aliphatic carbocycles. The first kappa shape index (κ1) is 20.8. The maximum Gasteiger partial charge on any atom is 0.263 e. The van der Waals surface area contributed by atoms with Crippen molar-refractivity contribution in [2.45, 2.75) is 13.0 Å². The molecule has 2 aromatic carbocycles. The average Bonchev–Trinajstić information content (AvgIpc) is 2.71. The minimum atomic E-state index is -0.477. The smallest absolute Gasteiger partial charge is 0.263 e. The summed E-state index contributed by atoms with van der Waals surface area (Å²) in [5.41, 5.74) is 1.62. The van der Waals surface area contributed by atoms with Gasteiger partial charge in [0.05, 0.1) is 14.2 Å². The van der Waals surface area contributed by atoms with Crippen LogP contribution in [0.2, 0.25) is 0 Å². The first-order valence-corrected chi connectivity index (χ1v) is 8.64. The van der Waals surface area contributed by atoms with E-state index >= 15 is 0 Å². The van der Waals surface area contributed by atoms with Gasteiger partial charge in [-0.3, -0.25) is 4.79 Å². The predicted octanol–water partition coefficient (Wildman–Crippen LogP) is 2.70. The Morgan fingerprint density at radius 1 is 1.14 bits per heavy atom. The monoisotopic (exact) mass is 383 g/mol. The molecule has 2 N–H and O–H groups in total. The summed E-state index contributed by atoms with van der Waals surface area (Å²) in [5.74, 6) is 0.436. The Labute approximate surface area is 163 Å². The Balaban J connectivity index is 1.85. The molecule has 0 heterocycles. The molecule has 0 saturated carbocycles. The standard InChI is InChI=1S/C21H22FN3O3/c1-27-19-7-6-15(11-20(19)28-2)8-9-25-21(26)17(12-23)14-24-13-16-4-3-5-18(22)10-16/h3-7,10-11,14,24H,8-9,13H2,1-2H3,(H,25,26)/b17-14-. The van der Waals surface area contributed by atoms with E-state index in [1.807, 2.05) is 18.2 Å². The Morgan fingerprint density at radius 2 is 1.93 bits per heavy atom. The zero-order valence-electron chi connectivity index (χ0n) is 15.8. The highest BCUT2D eigenvalue weighted by Crippen LogP contribution is 2.27. The van der Waals surface area contributed by atoms with Crippen molar-refractivity contribution >= 4 is 5.91 Å². The fraction of sp³-hybridized carbons (Fsp3) is 0.238. The molecule has 0 fully saturated rings. The lowest BCUT2D eigenvalue weighted by Crippen LogP contribution is -2.27. The Kier molecular flexibility index (Phi) is 7.85. The fourth-order valence-electron chi connectivity index (χ4n) is 2.52. The van der Waals surface area contributed by atoms with Crippen molar-refractivity contribution in [3.8, 4) is 17.6 Å².